The molecule has 0 aromatic heterocycles. The molecular weight excluding hydrogens is 228 g/mol. The van der Waals surface area contributed by atoms with Crippen LogP contribution in [0.25, 0.3) is 0 Å². The molecule has 1 aromatic rings. The fraction of sp³-hybridized carbons (Fsp3) is 0.143. The number of carbonyl (C=O) groups excluding carboxylic acids is 2. The second kappa shape index (κ2) is 7.06. The lowest BCUT2D eigenvalue weighted by molar-refractivity contribution is -0.120. The topological polar surface area (TPSA) is 58.2 Å². The fourth-order valence-corrected chi connectivity index (χ4v) is 1.55. The third-order valence-electron chi connectivity index (χ3n) is 2.25. The van der Waals surface area contributed by atoms with Gasteiger partial charge >= 0.3 is 0 Å². The zero-order valence-corrected chi connectivity index (χ0v) is 10.1. The van der Waals surface area contributed by atoms with Gasteiger partial charge in [0.15, 0.2) is 0 Å². The molecule has 18 heavy (non-hydrogen) atoms. The summed E-state index contributed by atoms with van der Waals surface area (Å²) in [5.41, 5.74) is 1.72. The lowest BCUT2D eigenvalue weighted by Crippen LogP contribution is -2.20. The first-order valence-corrected chi connectivity index (χ1v) is 5.54. The van der Waals surface area contributed by atoms with E-state index in [0.717, 1.165) is 11.1 Å². The molecule has 0 aliphatic heterocycles. The molecule has 4 nitrogen and oxygen atoms in total. The van der Waals surface area contributed by atoms with E-state index >= 15 is 0 Å². The molecule has 0 saturated heterocycles. The Hall–Kier alpha value is -2.36. The molecule has 0 atom stereocenters. The summed E-state index contributed by atoms with van der Waals surface area (Å²) < 4.78 is 0. The molecular formula is C14H16N2O2. The van der Waals surface area contributed by atoms with Gasteiger partial charge in [-0.05, 0) is 23.5 Å². The number of hydrogen-bond donors (Lipinski definition) is 2. The van der Waals surface area contributed by atoms with Crippen molar-refractivity contribution in [1.29, 1.82) is 0 Å². The largest absolute Gasteiger partial charge is 0.333 e. The van der Waals surface area contributed by atoms with Gasteiger partial charge in [0.1, 0.15) is 0 Å². The summed E-state index contributed by atoms with van der Waals surface area (Å²) in [5.74, 6) is -0.254. The Bertz CT molecular complexity index is 427. The Morgan fingerprint density at radius 1 is 1.00 bits per heavy atom. The van der Waals surface area contributed by atoms with Gasteiger partial charge in [0.25, 0.3) is 0 Å². The quantitative estimate of drug-likeness (QED) is 0.792. The Morgan fingerprint density at radius 3 is 1.83 bits per heavy atom. The van der Waals surface area contributed by atoms with Crippen molar-refractivity contribution in [3.63, 3.8) is 0 Å². The molecule has 4 heteroatoms. The first kappa shape index (κ1) is 13.7. The van der Waals surface area contributed by atoms with E-state index in [2.05, 4.69) is 23.8 Å². The van der Waals surface area contributed by atoms with Gasteiger partial charge in [0.05, 0.1) is 12.8 Å². The predicted octanol–water partition coefficient (Wildman–Crippen LogP) is 1.29. The Balaban J connectivity index is 2.67. The Morgan fingerprint density at radius 2 is 1.44 bits per heavy atom. The van der Waals surface area contributed by atoms with E-state index in [0.29, 0.717) is 0 Å². The summed E-state index contributed by atoms with van der Waals surface area (Å²) >= 11 is 0. The van der Waals surface area contributed by atoms with E-state index < -0.39 is 0 Å². The molecule has 0 spiro atoms. The predicted molar refractivity (Wildman–Crippen MR) is 70.5 cm³/mol. The van der Waals surface area contributed by atoms with Gasteiger partial charge in [-0.2, -0.15) is 0 Å². The number of amides is 2. The molecule has 2 N–H and O–H groups in total. The number of carbonyl (C=O) groups is 2. The van der Waals surface area contributed by atoms with Crippen LogP contribution in [0.4, 0.5) is 0 Å². The summed E-state index contributed by atoms with van der Waals surface area (Å²) in [6, 6.07) is 7.35. The van der Waals surface area contributed by atoms with E-state index in [9.17, 15) is 9.59 Å². The molecule has 1 rings (SSSR count). The van der Waals surface area contributed by atoms with E-state index in [1.165, 1.54) is 12.4 Å². The number of hydrogen-bond acceptors (Lipinski definition) is 2. The molecule has 2 amide bonds. The van der Waals surface area contributed by atoms with Gasteiger partial charge < -0.3 is 10.6 Å². The second-order valence-corrected chi connectivity index (χ2v) is 3.72. The Kier molecular flexibility index (Phi) is 5.38. The van der Waals surface area contributed by atoms with Crippen molar-refractivity contribution in [1.82, 2.24) is 10.6 Å². The highest BCUT2D eigenvalue weighted by molar-refractivity contribution is 5.80. The van der Waals surface area contributed by atoms with Crippen LogP contribution in [0.5, 0.6) is 0 Å². The molecule has 0 aliphatic rings. The van der Waals surface area contributed by atoms with Crippen LogP contribution in [0.2, 0.25) is 0 Å². The van der Waals surface area contributed by atoms with Crippen molar-refractivity contribution in [2.24, 2.45) is 0 Å². The molecule has 1 aromatic carbocycles. The maximum atomic E-state index is 11.4. The molecule has 0 aliphatic carbocycles. The number of benzene rings is 1. The summed E-state index contributed by atoms with van der Waals surface area (Å²) in [4.78, 5) is 22.7. The van der Waals surface area contributed by atoms with Crippen LogP contribution >= 0.6 is 0 Å². The van der Waals surface area contributed by atoms with Gasteiger partial charge in [-0.25, -0.2) is 0 Å². The first-order chi connectivity index (χ1) is 8.65. The summed E-state index contributed by atoms with van der Waals surface area (Å²) in [5, 5.41) is 5.01. The van der Waals surface area contributed by atoms with Crippen molar-refractivity contribution in [2.45, 2.75) is 12.8 Å². The van der Waals surface area contributed by atoms with Crippen LogP contribution < -0.4 is 10.6 Å². The van der Waals surface area contributed by atoms with Crippen LogP contribution in [0, 0.1) is 0 Å². The number of rotatable bonds is 6. The molecule has 0 unspecified atom stereocenters. The lowest BCUT2D eigenvalue weighted by atomic mass is 10.1. The minimum atomic E-state index is -0.127. The molecule has 94 valence electrons. The van der Waals surface area contributed by atoms with E-state index in [-0.39, 0.29) is 24.7 Å². The molecule has 0 fully saturated rings. The van der Waals surface area contributed by atoms with Crippen LogP contribution in [0.15, 0.2) is 49.8 Å². The van der Waals surface area contributed by atoms with Crippen molar-refractivity contribution in [3.8, 4) is 0 Å². The van der Waals surface area contributed by atoms with Gasteiger partial charge in [0, 0.05) is 0 Å². The standard InChI is InChI=1S/C14H16N2O2/c1-3-15-13(17)9-11-6-5-7-12(8-11)10-14(18)16-4-2/h3-8H,1-2,9-10H2,(H,15,17)(H,16,18). The van der Waals surface area contributed by atoms with Crippen molar-refractivity contribution >= 4 is 11.8 Å². The van der Waals surface area contributed by atoms with E-state index in [4.69, 9.17) is 0 Å². The van der Waals surface area contributed by atoms with Crippen molar-refractivity contribution < 1.29 is 9.59 Å². The number of nitrogens with one attached hydrogen (secondary N) is 2. The third kappa shape index (κ3) is 4.65. The van der Waals surface area contributed by atoms with E-state index in [1.54, 1.807) is 0 Å². The maximum absolute atomic E-state index is 11.4. The molecule has 0 saturated carbocycles. The molecule has 0 bridgehead atoms. The monoisotopic (exact) mass is 244 g/mol. The third-order valence-corrected chi connectivity index (χ3v) is 2.25. The second-order valence-electron chi connectivity index (χ2n) is 3.72. The zero-order chi connectivity index (χ0) is 13.4. The van der Waals surface area contributed by atoms with Gasteiger partial charge in [-0.1, -0.05) is 37.4 Å². The fourth-order valence-electron chi connectivity index (χ4n) is 1.55. The van der Waals surface area contributed by atoms with E-state index in [1.807, 2.05) is 24.3 Å². The minimum absolute atomic E-state index is 0.127. The smallest absolute Gasteiger partial charge is 0.228 e. The average molecular weight is 244 g/mol. The molecule has 0 heterocycles. The first-order valence-electron chi connectivity index (χ1n) is 5.54. The minimum Gasteiger partial charge on any atom is -0.333 e. The Labute approximate surface area is 106 Å². The average Bonchev–Trinajstić information content (AvgIpc) is 2.29. The van der Waals surface area contributed by atoms with Gasteiger partial charge in [-0.3, -0.25) is 9.59 Å². The highest BCUT2D eigenvalue weighted by Gasteiger charge is 2.05. The summed E-state index contributed by atoms with van der Waals surface area (Å²) in [7, 11) is 0. The van der Waals surface area contributed by atoms with Crippen LogP contribution in [0.3, 0.4) is 0 Å². The van der Waals surface area contributed by atoms with Crippen LogP contribution in [0.1, 0.15) is 11.1 Å². The summed E-state index contributed by atoms with van der Waals surface area (Å²) in [6.07, 6.45) is 3.24. The van der Waals surface area contributed by atoms with Gasteiger partial charge in [-0.15, -0.1) is 0 Å². The zero-order valence-electron chi connectivity index (χ0n) is 10.1. The normalized spacial score (nSPS) is 9.33. The van der Waals surface area contributed by atoms with Gasteiger partial charge in [0.2, 0.25) is 11.8 Å². The molecule has 0 radical (unpaired) electrons. The maximum Gasteiger partial charge on any atom is 0.228 e. The van der Waals surface area contributed by atoms with Crippen LogP contribution in [-0.4, -0.2) is 11.8 Å². The highest BCUT2D eigenvalue weighted by Crippen LogP contribution is 2.07. The summed E-state index contributed by atoms with van der Waals surface area (Å²) in [6.45, 7) is 6.85. The van der Waals surface area contributed by atoms with Crippen molar-refractivity contribution in [2.75, 3.05) is 0 Å². The SMILES string of the molecule is C=CNC(=O)Cc1cccc(CC(=O)NC=C)c1. The van der Waals surface area contributed by atoms with Crippen LogP contribution in [-0.2, 0) is 22.4 Å². The van der Waals surface area contributed by atoms with Crippen molar-refractivity contribution in [3.05, 3.63) is 61.0 Å². The highest BCUT2D eigenvalue weighted by atomic mass is 16.2. The lowest BCUT2D eigenvalue weighted by Gasteiger charge is -2.04.